The molecule has 0 spiro atoms. The lowest BCUT2D eigenvalue weighted by Crippen LogP contribution is -2.56. The summed E-state index contributed by atoms with van der Waals surface area (Å²) in [7, 11) is 0. The molecule has 2 saturated heterocycles. The van der Waals surface area contributed by atoms with Gasteiger partial charge in [0.2, 0.25) is 0 Å². The van der Waals surface area contributed by atoms with E-state index < -0.39 is 27.4 Å². The molecule has 41 heavy (non-hydrogen) atoms. The monoisotopic (exact) mass is 595 g/mol. The van der Waals surface area contributed by atoms with Gasteiger partial charge in [-0.05, 0) is 69.0 Å². The molecule has 1 amide bonds. The Kier molecular flexibility index (Phi) is 10.7. The third kappa shape index (κ3) is 6.79. The van der Waals surface area contributed by atoms with Crippen LogP contribution in [0, 0.1) is 22.7 Å². The summed E-state index contributed by atoms with van der Waals surface area (Å²) in [6, 6.07) is 5.29. The van der Waals surface area contributed by atoms with Gasteiger partial charge in [-0.1, -0.05) is 41.0 Å². The molecular weight excluding hydrogens is 549 g/mol. The second-order valence-corrected chi connectivity index (χ2v) is 12.8. The third-order valence-corrected chi connectivity index (χ3v) is 10.4. The fourth-order valence-corrected chi connectivity index (χ4v) is 7.49. The first-order chi connectivity index (χ1) is 19.2. The first-order valence-corrected chi connectivity index (χ1v) is 15.4. The summed E-state index contributed by atoms with van der Waals surface area (Å²) in [5.74, 6) is -0.0772. The van der Waals surface area contributed by atoms with E-state index in [2.05, 4.69) is 44.8 Å². The number of nitrogens with one attached hydrogen (secondary N) is 1. The molecule has 0 aliphatic carbocycles. The van der Waals surface area contributed by atoms with Crippen LogP contribution in [0.5, 0.6) is 0 Å². The van der Waals surface area contributed by atoms with Gasteiger partial charge in [0.05, 0.1) is 29.3 Å². The summed E-state index contributed by atoms with van der Waals surface area (Å²) in [6.07, 6.45) is 2.28. The summed E-state index contributed by atoms with van der Waals surface area (Å²) in [5.41, 5.74) is -2.11. The first-order valence-electron chi connectivity index (χ1n) is 15.0. The lowest BCUT2D eigenvalue weighted by molar-refractivity contribution is -0.138. The van der Waals surface area contributed by atoms with Crippen LogP contribution in [0.25, 0.3) is 0 Å². The highest BCUT2D eigenvalue weighted by atomic mass is 32.1. The fourth-order valence-electron chi connectivity index (χ4n) is 7.12. The van der Waals surface area contributed by atoms with Crippen molar-refractivity contribution in [3.8, 4) is 6.07 Å². The van der Waals surface area contributed by atoms with Crippen molar-refractivity contribution in [1.82, 2.24) is 14.7 Å². The average Bonchev–Trinajstić information content (AvgIpc) is 3.52. The molecule has 1 aromatic rings. The van der Waals surface area contributed by atoms with E-state index in [-0.39, 0.29) is 47.2 Å². The van der Waals surface area contributed by atoms with Crippen LogP contribution in [-0.4, -0.2) is 58.8 Å². The Morgan fingerprint density at radius 2 is 1.93 bits per heavy atom. The molecule has 3 unspecified atom stereocenters. The molecule has 2 aliphatic heterocycles. The maximum atomic E-state index is 13.8. The normalized spacial score (nSPS) is 23.1. The van der Waals surface area contributed by atoms with E-state index in [9.17, 15) is 28.3 Å². The summed E-state index contributed by atoms with van der Waals surface area (Å²) in [5, 5.41) is 23.5. The molecule has 2 heterocycles. The Labute approximate surface area is 248 Å². The number of rotatable bonds is 13. The van der Waals surface area contributed by atoms with Gasteiger partial charge >= 0.3 is 12.1 Å². The predicted octanol–water partition coefficient (Wildman–Crippen LogP) is 6.54. The number of quaternary nitrogens is 1. The summed E-state index contributed by atoms with van der Waals surface area (Å²) >= 11 is 5.55. The van der Waals surface area contributed by atoms with Crippen molar-refractivity contribution in [3.63, 3.8) is 0 Å². The minimum atomic E-state index is -4.73. The molecule has 2 fully saturated rings. The second-order valence-electron chi connectivity index (χ2n) is 12.4. The van der Waals surface area contributed by atoms with Crippen LogP contribution < -0.4 is 9.80 Å². The van der Waals surface area contributed by atoms with Gasteiger partial charge in [-0.25, -0.2) is 4.79 Å². The smallest absolute Gasteiger partial charge is 0.388 e. The van der Waals surface area contributed by atoms with E-state index in [1.165, 1.54) is 6.07 Å². The fraction of sp³-hybridized carbons (Fsp3) is 0.710. The Morgan fingerprint density at radius 1 is 1.24 bits per heavy atom. The van der Waals surface area contributed by atoms with Crippen molar-refractivity contribution in [3.05, 3.63) is 29.3 Å². The largest absolute Gasteiger partial charge is 0.417 e. The van der Waals surface area contributed by atoms with Gasteiger partial charge < -0.3 is 10.4 Å². The lowest BCUT2D eigenvalue weighted by atomic mass is 9.72. The van der Waals surface area contributed by atoms with E-state index >= 15 is 0 Å². The molecule has 0 saturated carbocycles. The summed E-state index contributed by atoms with van der Waals surface area (Å²) < 4.78 is 40.9. The topological polar surface area (TPSA) is 76.4 Å². The Morgan fingerprint density at radius 3 is 2.46 bits per heavy atom. The van der Waals surface area contributed by atoms with Crippen LogP contribution in [0.15, 0.2) is 18.2 Å². The van der Waals surface area contributed by atoms with Gasteiger partial charge in [0.15, 0.2) is 0 Å². The number of hydrogen-bond donors (Lipinski definition) is 2. The Hall–Kier alpha value is -2.06. The minimum absolute atomic E-state index is 0.0424. The number of halogens is 3. The van der Waals surface area contributed by atoms with Gasteiger partial charge in [-0.15, -0.1) is 0 Å². The number of amides is 1. The number of carbonyl (C=O) groups excluding carboxylic acids is 1. The van der Waals surface area contributed by atoms with Crippen molar-refractivity contribution in [1.29, 1.82) is 5.26 Å². The highest BCUT2D eigenvalue weighted by molar-refractivity contribution is 7.80. The molecule has 3 rings (SSSR count). The average molecular weight is 596 g/mol. The number of nitriles is 1. The molecule has 3 atom stereocenters. The van der Waals surface area contributed by atoms with E-state index in [1.54, 1.807) is 6.07 Å². The zero-order valence-electron chi connectivity index (χ0n) is 25.1. The Bertz CT molecular complexity index is 1130. The van der Waals surface area contributed by atoms with E-state index in [1.807, 2.05) is 0 Å². The Balaban J connectivity index is 1.77. The SMILES string of the molecule is CCC(CC[N+]1(c2ccc(C#N)c(C(F)(F)F)c2)C(=O)CNC1=S)C(C)(C)CCCN1CCCC1C(O)(CC)CC. The number of nitrogens with zero attached hydrogens (tertiary/aromatic N) is 3. The van der Waals surface area contributed by atoms with Crippen LogP contribution in [0.4, 0.5) is 18.9 Å². The number of hydrogen-bond acceptors (Lipinski definition) is 5. The van der Waals surface area contributed by atoms with Crippen LogP contribution >= 0.6 is 12.2 Å². The molecule has 10 heteroatoms. The zero-order valence-corrected chi connectivity index (χ0v) is 25.9. The second kappa shape index (κ2) is 13.1. The molecule has 0 radical (unpaired) electrons. The van der Waals surface area contributed by atoms with Gasteiger partial charge in [-0.2, -0.15) is 22.9 Å². The van der Waals surface area contributed by atoms with Crippen LogP contribution in [0.1, 0.15) is 97.1 Å². The summed E-state index contributed by atoms with van der Waals surface area (Å²) in [4.78, 5) is 15.7. The quantitative estimate of drug-likeness (QED) is 0.199. The van der Waals surface area contributed by atoms with Crippen molar-refractivity contribution in [2.75, 3.05) is 26.2 Å². The van der Waals surface area contributed by atoms with Crippen LogP contribution in [0.3, 0.4) is 0 Å². The zero-order chi connectivity index (χ0) is 30.6. The van der Waals surface area contributed by atoms with Crippen molar-refractivity contribution in [2.24, 2.45) is 11.3 Å². The molecule has 228 valence electrons. The third-order valence-electron chi connectivity index (χ3n) is 9.92. The highest BCUT2D eigenvalue weighted by Gasteiger charge is 2.51. The van der Waals surface area contributed by atoms with E-state index in [4.69, 9.17) is 12.2 Å². The van der Waals surface area contributed by atoms with Gasteiger partial charge in [0.1, 0.15) is 12.2 Å². The first kappa shape index (κ1) is 33.4. The van der Waals surface area contributed by atoms with Crippen LogP contribution in [-0.2, 0) is 11.0 Å². The number of thiocarbonyl (C=S) groups is 1. The number of alkyl halides is 3. The van der Waals surface area contributed by atoms with E-state index in [0.29, 0.717) is 6.42 Å². The number of benzene rings is 1. The lowest BCUT2D eigenvalue weighted by Gasteiger charge is -2.40. The highest BCUT2D eigenvalue weighted by Crippen LogP contribution is 2.41. The van der Waals surface area contributed by atoms with Crippen molar-refractivity contribution in [2.45, 2.75) is 104 Å². The van der Waals surface area contributed by atoms with Gasteiger partial charge in [0, 0.05) is 36.8 Å². The molecule has 0 aromatic heterocycles. The molecule has 6 nitrogen and oxygen atoms in total. The van der Waals surface area contributed by atoms with Crippen molar-refractivity contribution < 1.29 is 23.1 Å². The molecule has 2 N–H and O–H groups in total. The molecule has 1 aromatic carbocycles. The number of carbonyl (C=O) groups is 1. The molecule has 0 bridgehead atoms. The maximum Gasteiger partial charge on any atom is 0.417 e. The van der Waals surface area contributed by atoms with Crippen molar-refractivity contribution >= 4 is 28.9 Å². The van der Waals surface area contributed by atoms with Crippen LogP contribution in [0.2, 0.25) is 0 Å². The number of likely N-dealkylation sites (tertiary alicyclic amines) is 1. The van der Waals surface area contributed by atoms with Gasteiger partial charge in [0.25, 0.3) is 5.11 Å². The van der Waals surface area contributed by atoms with E-state index in [0.717, 1.165) is 70.2 Å². The molecular formula is C31H46F3N4O2S+. The number of aliphatic hydroxyl groups is 1. The standard InChI is InChI=1S/C31H45F3N4O2S/c1-6-23(29(4,5)15-10-17-37-16-9-11-26(37)30(40,7-2)8-3)14-18-38(27(39)21-36-28(38)41)24-13-12-22(20-35)25(19-24)31(32,33)34/h12-13,19,23,26,40H,6-11,14-18,21H2,1-5H3/p+1. The minimum Gasteiger partial charge on any atom is -0.388 e. The van der Waals surface area contributed by atoms with Gasteiger partial charge in [-0.3, -0.25) is 4.90 Å². The predicted molar refractivity (Wildman–Crippen MR) is 160 cm³/mol. The maximum absolute atomic E-state index is 13.8. The molecule has 2 aliphatic rings. The summed E-state index contributed by atoms with van der Waals surface area (Å²) in [6.45, 7) is 12.8.